The van der Waals surface area contributed by atoms with E-state index in [0.29, 0.717) is 11.6 Å². The van der Waals surface area contributed by atoms with Gasteiger partial charge in [-0.2, -0.15) is 13.2 Å². The van der Waals surface area contributed by atoms with Crippen molar-refractivity contribution in [3.8, 4) is 11.3 Å². The van der Waals surface area contributed by atoms with E-state index in [1.54, 1.807) is 13.0 Å². The standard InChI is InChI=1S/C14H8F5NO/c1-7-4-5-20-10(6-7)8-2-3-9(15)11(12(8)16)13(21)14(17,18)19/h2-6H,1H3. The Hall–Kier alpha value is -2.31. The van der Waals surface area contributed by atoms with Gasteiger partial charge in [-0.05, 0) is 36.8 Å². The van der Waals surface area contributed by atoms with Crippen LogP contribution in [0.15, 0.2) is 30.5 Å². The van der Waals surface area contributed by atoms with Crippen LogP contribution in [0.2, 0.25) is 0 Å². The molecule has 0 atom stereocenters. The third-order valence-corrected chi connectivity index (χ3v) is 2.77. The number of aromatic nitrogens is 1. The van der Waals surface area contributed by atoms with Gasteiger partial charge in [0.1, 0.15) is 11.6 Å². The molecule has 0 saturated carbocycles. The lowest BCUT2D eigenvalue weighted by Crippen LogP contribution is -2.25. The summed E-state index contributed by atoms with van der Waals surface area (Å²) < 4.78 is 64.7. The van der Waals surface area contributed by atoms with Crippen molar-refractivity contribution in [1.82, 2.24) is 4.98 Å². The summed E-state index contributed by atoms with van der Waals surface area (Å²) in [6.07, 6.45) is -4.03. The van der Waals surface area contributed by atoms with E-state index in [1.165, 1.54) is 12.3 Å². The number of alkyl halides is 3. The number of aryl methyl sites for hydroxylation is 1. The first kappa shape index (κ1) is 15.1. The van der Waals surface area contributed by atoms with E-state index >= 15 is 0 Å². The molecule has 0 spiro atoms. The predicted octanol–water partition coefficient (Wildman–Crippen LogP) is 4.08. The van der Waals surface area contributed by atoms with Crippen molar-refractivity contribution in [2.24, 2.45) is 0 Å². The Morgan fingerprint density at radius 3 is 2.38 bits per heavy atom. The molecule has 2 nitrogen and oxygen atoms in total. The lowest BCUT2D eigenvalue weighted by atomic mass is 10.0. The lowest BCUT2D eigenvalue weighted by Gasteiger charge is -2.10. The molecule has 0 N–H and O–H groups in total. The highest BCUT2D eigenvalue weighted by atomic mass is 19.4. The molecule has 0 aliphatic carbocycles. The fourth-order valence-corrected chi connectivity index (χ4v) is 1.78. The maximum absolute atomic E-state index is 14.1. The van der Waals surface area contributed by atoms with E-state index in [-0.39, 0.29) is 11.3 Å². The van der Waals surface area contributed by atoms with Crippen molar-refractivity contribution in [3.05, 3.63) is 53.2 Å². The van der Waals surface area contributed by atoms with Crippen LogP contribution in [0.3, 0.4) is 0 Å². The molecule has 0 saturated heterocycles. The summed E-state index contributed by atoms with van der Waals surface area (Å²) in [6, 6.07) is 4.58. The Bertz CT molecular complexity index is 709. The smallest absolute Gasteiger partial charge is 0.284 e. The SMILES string of the molecule is Cc1ccnc(-c2ccc(F)c(C(=O)C(F)(F)F)c2F)c1. The summed E-state index contributed by atoms with van der Waals surface area (Å²) in [7, 11) is 0. The van der Waals surface area contributed by atoms with Crippen molar-refractivity contribution in [3.63, 3.8) is 0 Å². The van der Waals surface area contributed by atoms with E-state index in [1.807, 2.05) is 0 Å². The summed E-state index contributed by atoms with van der Waals surface area (Å²) in [4.78, 5) is 14.9. The summed E-state index contributed by atoms with van der Waals surface area (Å²) in [5, 5.41) is 0. The largest absolute Gasteiger partial charge is 0.455 e. The van der Waals surface area contributed by atoms with Crippen LogP contribution >= 0.6 is 0 Å². The highest BCUT2D eigenvalue weighted by Crippen LogP contribution is 2.30. The van der Waals surface area contributed by atoms with Gasteiger partial charge in [0.25, 0.3) is 5.78 Å². The van der Waals surface area contributed by atoms with Gasteiger partial charge in [0.05, 0.1) is 11.3 Å². The van der Waals surface area contributed by atoms with E-state index in [9.17, 15) is 26.7 Å². The van der Waals surface area contributed by atoms with Crippen LogP contribution in [0.5, 0.6) is 0 Å². The second-order valence-corrected chi connectivity index (χ2v) is 4.33. The summed E-state index contributed by atoms with van der Waals surface area (Å²) in [5.74, 6) is -5.70. The highest BCUT2D eigenvalue weighted by Gasteiger charge is 2.43. The maximum Gasteiger partial charge on any atom is 0.455 e. The van der Waals surface area contributed by atoms with E-state index < -0.39 is 29.2 Å². The number of benzene rings is 1. The maximum atomic E-state index is 14.1. The third kappa shape index (κ3) is 2.91. The molecular weight excluding hydrogens is 293 g/mol. The molecule has 0 bridgehead atoms. The molecule has 0 radical (unpaired) electrons. The number of halogens is 5. The van der Waals surface area contributed by atoms with Crippen molar-refractivity contribution in [1.29, 1.82) is 0 Å². The van der Waals surface area contributed by atoms with Gasteiger partial charge < -0.3 is 0 Å². The Kier molecular flexibility index (Phi) is 3.76. The van der Waals surface area contributed by atoms with Gasteiger partial charge in [0.15, 0.2) is 0 Å². The van der Waals surface area contributed by atoms with Crippen molar-refractivity contribution >= 4 is 5.78 Å². The van der Waals surface area contributed by atoms with Crippen LogP contribution in [-0.2, 0) is 0 Å². The number of carbonyl (C=O) groups excluding carboxylic acids is 1. The number of hydrogen-bond donors (Lipinski definition) is 0. The number of ketones is 1. The number of Topliss-reactive ketones (excluding diaryl/α,β-unsaturated/α-hetero) is 1. The first-order chi connectivity index (χ1) is 9.71. The summed E-state index contributed by atoms with van der Waals surface area (Å²) in [6.45, 7) is 1.67. The van der Waals surface area contributed by atoms with Crippen molar-refractivity contribution in [2.75, 3.05) is 0 Å². The topological polar surface area (TPSA) is 30.0 Å². The molecular formula is C14H8F5NO. The zero-order valence-electron chi connectivity index (χ0n) is 10.6. The third-order valence-electron chi connectivity index (χ3n) is 2.77. The second-order valence-electron chi connectivity index (χ2n) is 4.33. The fourth-order valence-electron chi connectivity index (χ4n) is 1.78. The summed E-state index contributed by atoms with van der Waals surface area (Å²) in [5.41, 5.74) is -1.29. The minimum atomic E-state index is -5.36. The minimum absolute atomic E-state index is 0.0173. The molecule has 0 amide bonds. The van der Waals surface area contributed by atoms with Gasteiger partial charge in [0, 0.05) is 11.8 Å². The molecule has 2 aromatic rings. The van der Waals surface area contributed by atoms with E-state index in [4.69, 9.17) is 0 Å². The molecule has 21 heavy (non-hydrogen) atoms. The number of rotatable bonds is 2. The average Bonchev–Trinajstić information content (AvgIpc) is 2.37. The Morgan fingerprint density at radius 2 is 1.81 bits per heavy atom. The van der Waals surface area contributed by atoms with Crippen LogP contribution < -0.4 is 0 Å². The first-order valence-electron chi connectivity index (χ1n) is 5.74. The van der Waals surface area contributed by atoms with Crippen LogP contribution in [0, 0.1) is 18.6 Å². The van der Waals surface area contributed by atoms with Crippen LogP contribution in [0.4, 0.5) is 22.0 Å². The van der Waals surface area contributed by atoms with Crippen LogP contribution in [-0.4, -0.2) is 16.9 Å². The number of carbonyl (C=O) groups is 1. The number of pyridine rings is 1. The summed E-state index contributed by atoms with van der Waals surface area (Å²) >= 11 is 0. The molecule has 7 heteroatoms. The fraction of sp³-hybridized carbons (Fsp3) is 0.143. The van der Waals surface area contributed by atoms with Gasteiger partial charge in [0.2, 0.25) is 0 Å². The van der Waals surface area contributed by atoms with E-state index in [2.05, 4.69) is 4.98 Å². The molecule has 110 valence electrons. The van der Waals surface area contributed by atoms with Gasteiger partial charge in [-0.1, -0.05) is 0 Å². The lowest BCUT2D eigenvalue weighted by molar-refractivity contribution is -0.0890. The molecule has 0 aliphatic rings. The van der Waals surface area contributed by atoms with Crippen LogP contribution in [0.1, 0.15) is 15.9 Å². The van der Waals surface area contributed by atoms with Crippen LogP contribution in [0.25, 0.3) is 11.3 Å². The molecule has 0 fully saturated rings. The Morgan fingerprint density at radius 1 is 1.14 bits per heavy atom. The normalized spacial score (nSPS) is 11.5. The first-order valence-corrected chi connectivity index (χ1v) is 5.74. The molecule has 2 rings (SSSR count). The zero-order chi connectivity index (χ0) is 15.8. The van der Waals surface area contributed by atoms with Gasteiger partial charge >= 0.3 is 6.18 Å². The molecule has 1 aromatic carbocycles. The molecule has 1 aromatic heterocycles. The van der Waals surface area contributed by atoms with Gasteiger partial charge in [-0.25, -0.2) is 8.78 Å². The highest BCUT2D eigenvalue weighted by molar-refractivity contribution is 6.01. The predicted molar refractivity (Wildman–Crippen MR) is 64.7 cm³/mol. The van der Waals surface area contributed by atoms with Gasteiger partial charge in [-0.15, -0.1) is 0 Å². The number of hydrogen-bond acceptors (Lipinski definition) is 2. The number of nitrogens with zero attached hydrogens (tertiary/aromatic N) is 1. The Labute approximate surface area is 116 Å². The van der Waals surface area contributed by atoms with Crippen molar-refractivity contribution < 1.29 is 26.7 Å². The molecule has 1 heterocycles. The molecule has 0 aliphatic heterocycles. The zero-order valence-corrected chi connectivity index (χ0v) is 10.6. The monoisotopic (exact) mass is 301 g/mol. The quantitative estimate of drug-likeness (QED) is 0.618. The average molecular weight is 301 g/mol. The van der Waals surface area contributed by atoms with Crippen molar-refractivity contribution in [2.45, 2.75) is 13.1 Å². The molecule has 0 unspecified atom stereocenters. The van der Waals surface area contributed by atoms with E-state index in [0.717, 1.165) is 6.07 Å². The Balaban J connectivity index is 2.65. The minimum Gasteiger partial charge on any atom is -0.284 e. The van der Waals surface area contributed by atoms with Gasteiger partial charge in [-0.3, -0.25) is 9.78 Å². The second kappa shape index (κ2) is 5.23.